The molecule has 0 radical (unpaired) electrons. The van der Waals surface area contributed by atoms with E-state index < -0.39 is 0 Å². The molecular formula is C28H30FN3S. The van der Waals surface area contributed by atoms with Crippen molar-refractivity contribution in [1.29, 1.82) is 0 Å². The highest BCUT2D eigenvalue weighted by Crippen LogP contribution is 2.57. The van der Waals surface area contributed by atoms with Gasteiger partial charge in [0.15, 0.2) is 0 Å². The average molecular weight is 460 g/mol. The second-order valence-electron chi connectivity index (χ2n) is 10.4. The number of fused-ring (bicyclic) bond motifs is 4. The van der Waals surface area contributed by atoms with Crippen molar-refractivity contribution in [2.75, 3.05) is 31.1 Å². The Kier molecular flexibility index (Phi) is 4.84. The van der Waals surface area contributed by atoms with Crippen LogP contribution < -0.4 is 4.90 Å². The molecule has 1 aliphatic heterocycles. The third-order valence-corrected chi connectivity index (χ3v) is 9.53. The van der Waals surface area contributed by atoms with Crippen LogP contribution >= 0.6 is 11.3 Å². The van der Waals surface area contributed by atoms with Crippen molar-refractivity contribution in [3.05, 3.63) is 63.7 Å². The largest absolute Gasteiger partial charge is 0.367 e. The number of hydrogen-bond donors (Lipinski definition) is 0. The van der Waals surface area contributed by atoms with Crippen molar-refractivity contribution in [3.8, 4) is 0 Å². The summed E-state index contributed by atoms with van der Waals surface area (Å²) in [4.78, 5) is 11.1. The smallest absolute Gasteiger partial charge is 0.126 e. The molecule has 3 aromatic rings. The fraction of sp³-hybridized carbons (Fsp3) is 0.464. The van der Waals surface area contributed by atoms with Gasteiger partial charge in [-0.3, -0.25) is 9.88 Å². The van der Waals surface area contributed by atoms with Gasteiger partial charge in [0.1, 0.15) is 5.82 Å². The minimum absolute atomic E-state index is 0.171. The molecule has 33 heavy (non-hydrogen) atoms. The molecule has 0 amide bonds. The van der Waals surface area contributed by atoms with Crippen LogP contribution in [0.3, 0.4) is 0 Å². The van der Waals surface area contributed by atoms with Crippen molar-refractivity contribution in [3.63, 3.8) is 0 Å². The Balaban J connectivity index is 1.00. The number of piperazine rings is 1. The van der Waals surface area contributed by atoms with E-state index in [1.807, 2.05) is 29.7 Å². The Morgan fingerprint density at radius 2 is 1.88 bits per heavy atom. The van der Waals surface area contributed by atoms with Gasteiger partial charge in [-0.25, -0.2) is 4.39 Å². The summed E-state index contributed by atoms with van der Waals surface area (Å²) in [6, 6.07) is 7.79. The zero-order valence-corrected chi connectivity index (χ0v) is 19.7. The highest BCUT2D eigenvalue weighted by atomic mass is 32.1. The first-order chi connectivity index (χ1) is 16.2. The minimum Gasteiger partial charge on any atom is -0.367 e. The van der Waals surface area contributed by atoms with Gasteiger partial charge in [0.25, 0.3) is 0 Å². The lowest BCUT2D eigenvalue weighted by Gasteiger charge is -2.43. The van der Waals surface area contributed by atoms with Crippen molar-refractivity contribution >= 4 is 34.0 Å². The van der Waals surface area contributed by atoms with Crippen LogP contribution in [0.15, 0.2) is 41.9 Å². The molecule has 1 saturated heterocycles. The molecule has 5 heteroatoms. The van der Waals surface area contributed by atoms with Gasteiger partial charge in [-0.2, -0.15) is 0 Å². The van der Waals surface area contributed by atoms with Crippen LogP contribution in [0.1, 0.15) is 59.9 Å². The molecule has 170 valence electrons. The van der Waals surface area contributed by atoms with E-state index in [2.05, 4.69) is 32.3 Å². The number of nitrogens with zero attached hydrogens (tertiary/aromatic N) is 3. The topological polar surface area (TPSA) is 19.4 Å². The predicted molar refractivity (Wildman–Crippen MR) is 135 cm³/mol. The maximum absolute atomic E-state index is 14.2. The number of allylic oxidation sites excluding steroid dienone is 1. The molecule has 3 nitrogen and oxygen atoms in total. The normalized spacial score (nSPS) is 29.2. The number of hydrogen-bond acceptors (Lipinski definition) is 4. The van der Waals surface area contributed by atoms with E-state index in [1.165, 1.54) is 32.1 Å². The number of halogens is 1. The third-order valence-electron chi connectivity index (χ3n) is 8.55. The number of anilines is 1. The van der Waals surface area contributed by atoms with E-state index in [4.69, 9.17) is 0 Å². The fourth-order valence-electron chi connectivity index (χ4n) is 6.67. The van der Waals surface area contributed by atoms with Crippen LogP contribution in [-0.4, -0.2) is 42.1 Å². The van der Waals surface area contributed by atoms with E-state index in [0.717, 1.165) is 60.5 Å². The summed E-state index contributed by atoms with van der Waals surface area (Å²) in [7, 11) is 0. The van der Waals surface area contributed by atoms with E-state index in [-0.39, 0.29) is 5.82 Å². The average Bonchev–Trinajstić information content (AvgIpc) is 3.53. The Labute approximate surface area is 198 Å². The Bertz CT molecular complexity index is 1220. The molecule has 2 atom stereocenters. The van der Waals surface area contributed by atoms with Crippen LogP contribution in [0.5, 0.6) is 0 Å². The summed E-state index contributed by atoms with van der Waals surface area (Å²) in [6.45, 7) is 4.01. The molecule has 3 heterocycles. The highest BCUT2D eigenvalue weighted by molar-refractivity contribution is 7.11. The van der Waals surface area contributed by atoms with Crippen LogP contribution in [0.25, 0.3) is 17.0 Å². The summed E-state index contributed by atoms with van der Waals surface area (Å²) < 4.78 is 14.2. The van der Waals surface area contributed by atoms with E-state index in [9.17, 15) is 4.39 Å². The van der Waals surface area contributed by atoms with Gasteiger partial charge in [0.2, 0.25) is 0 Å². The van der Waals surface area contributed by atoms with Crippen molar-refractivity contribution in [2.24, 2.45) is 5.92 Å². The third kappa shape index (κ3) is 3.52. The first-order valence-corrected chi connectivity index (χ1v) is 13.5. The summed E-state index contributed by atoms with van der Waals surface area (Å²) in [5.74, 6) is 2.27. The van der Waals surface area contributed by atoms with Crippen LogP contribution in [0, 0.1) is 11.7 Å². The minimum atomic E-state index is -0.171. The molecule has 3 aliphatic carbocycles. The van der Waals surface area contributed by atoms with Crippen LogP contribution in [0.4, 0.5) is 10.1 Å². The second-order valence-corrected chi connectivity index (χ2v) is 11.3. The molecule has 2 aromatic heterocycles. The lowest BCUT2D eigenvalue weighted by atomic mass is 9.79. The lowest BCUT2D eigenvalue weighted by Crippen LogP contribution is -2.51. The summed E-state index contributed by atoms with van der Waals surface area (Å²) in [5.41, 5.74) is 5.28. The van der Waals surface area contributed by atoms with Gasteiger partial charge < -0.3 is 4.90 Å². The van der Waals surface area contributed by atoms with Crippen LogP contribution in [-0.2, 0) is 0 Å². The Morgan fingerprint density at radius 3 is 2.73 bits per heavy atom. The standard InChI is InChI=1S/C28H30FN3S/c29-21-14-20-2-1-9-30-28(20)25(16-21)32-12-10-31(11-13-32)22-6-3-18(4-7-22)24-17-33-26-8-5-19-15-23(19)27(24)26/h1-2,5,8-9,14,16-19,22-23H,3-4,6-7,10-13,15H2. The number of benzene rings is 1. The molecule has 2 unspecified atom stereocenters. The van der Waals surface area contributed by atoms with Crippen LogP contribution in [0.2, 0.25) is 0 Å². The quantitative estimate of drug-likeness (QED) is 0.451. The van der Waals surface area contributed by atoms with Gasteiger partial charge in [0, 0.05) is 48.7 Å². The predicted octanol–water partition coefficient (Wildman–Crippen LogP) is 6.41. The first kappa shape index (κ1) is 20.2. The lowest BCUT2D eigenvalue weighted by molar-refractivity contribution is 0.141. The molecule has 7 rings (SSSR count). The zero-order chi connectivity index (χ0) is 21.9. The van der Waals surface area contributed by atoms with Gasteiger partial charge >= 0.3 is 0 Å². The number of aromatic nitrogens is 1. The Hall–Kier alpha value is -2.24. The summed E-state index contributed by atoms with van der Waals surface area (Å²) in [6.07, 6.45) is 13.3. The fourth-order valence-corrected chi connectivity index (χ4v) is 7.79. The monoisotopic (exact) mass is 459 g/mol. The van der Waals surface area contributed by atoms with Gasteiger partial charge in [-0.05, 0) is 90.6 Å². The second kappa shape index (κ2) is 7.92. The van der Waals surface area contributed by atoms with E-state index in [0.29, 0.717) is 6.04 Å². The number of pyridine rings is 1. The molecule has 3 fully saturated rings. The SMILES string of the molecule is Fc1cc(N2CCN(C3CCC(c4csc5c4C4CC4C=C5)CC3)CC2)c2ncccc2c1. The van der Waals surface area contributed by atoms with Gasteiger partial charge in [-0.1, -0.05) is 12.1 Å². The number of thiophene rings is 1. The van der Waals surface area contributed by atoms with Crippen molar-refractivity contribution in [1.82, 2.24) is 9.88 Å². The van der Waals surface area contributed by atoms with Crippen molar-refractivity contribution < 1.29 is 4.39 Å². The zero-order valence-electron chi connectivity index (χ0n) is 18.9. The molecule has 1 aromatic carbocycles. The maximum Gasteiger partial charge on any atom is 0.126 e. The van der Waals surface area contributed by atoms with E-state index in [1.54, 1.807) is 28.1 Å². The highest BCUT2D eigenvalue weighted by Gasteiger charge is 2.43. The molecule has 4 aliphatic rings. The summed E-state index contributed by atoms with van der Waals surface area (Å²) in [5, 5.41) is 3.37. The molecule has 2 saturated carbocycles. The Morgan fingerprint density at radius 1 is 1.03 bits per heavy atom. The summed E-state index contributed by atoms with van der Waals surface area (Å²) >= 11 is 1.97. The van der Waals surface area contributed by atoms with Crippen molar-refractivity contribution in [2.45, 2.75) is 50.0 Å². The molecule has 0 spiro atoms. The van der Waals surface area contributed by atoms with Gasteiger partial charge in [-0.15, -0.1) is 11.3 Å². The maximum atomic E-state index is 14.2. The van der Waals surface area contributed by atoms with Gasteiger partial charge in [0.05, 0.1) is 11.2 Å². The first-order valence-electron chi connectivity index (χ1n) is 12.6. The molecule has 0 bridgehead atoms. The number of rotatable bonds is 3. The molecule has 0 N–H and O–H groups in total. The van der Waals surface area contributed by atoms with E-state index >= 15 is 0 Å². The molecular weight excluding hydrogens is 429 g/mol.